The lowest BCUT2D eigenvalue weighted by atomic mass is 9.91. The van der Waals surface area contributed by atoms with Crippen molar-refractivity contribution in [3.63, 3.8) is 0 Å². The van der Waals surface area contributed by atoms with E-state index in [-0.39, 0.29) is 24.5 Å². The van der Waals surface area contributed by atoms with E-state index in [0.717, 1.165) is 25.7 Å². The Bertz CT molecular complexity index is 729. The molecular weight excluding hydrogens is 342 g/mol. The molecule has 0 saturated heterocycles. The Morgan fingerprint density at radius 2 is 2.00 bits per heavy atom. The van der Waals surface area contributed by atoms with Gasteiger partial charge >= 0.3 is 0 Å². The van der Waals surface area contributed by atoms with Crippen LogP contribution in [-0.4, -0.2) is 51.1 Å². The summed E-state index contributed by atoms with van der Waals surface area (Å²) < 4.78 is 24.5. The molecule has 0 radical (unpaired) electrons. The number of hydrogen-bond acceptors (Lipinski definition) is 5. The molecular formula is C17H22F2N6O. The van der Waals surface area contributed by atoms with E-state index in [9.17, 15) is 13.6 Å². The minimum Gasteiger partial charge on any atom is -0.348 e. The Morgan fingerprint density at radius 1 is 1.27 bits per heavy atom. The molecule has 9 heteroatoms. The quantitative estimate of drug-likeness (QED) is 0.729. The minimum absolute atomic E-state index is 0.0275. The SMILES string of the molecule is Cc1cc(C(=O)NC2CCC(NCC(F)F)CC2)nc(-c2cn[nH]c2)n1. The summed E-state index contributed by atoms with van der Waals surface area (Å²) in [6.45, 7) is 1.53. The van der Waals surface area contributed by atoms with Gasteiger partial charge in [0, 0.05) is 24.0 Å². The highest BCUT2D eigenvalue weighted by Gasteiger charge is 2.24. The number of amides is 1. The number of H-pyrrole nitrogens is 1. The molecule has 0 aromatic carbocycles. The highest BCUT2D eigenvalue weighted by molar-refractivity contribution is 5.93. The van der Waals surface area contributed by atoms with E-state index in [1.54, 1.807) is 18.5 Å². The van der Waals surface area contributed by atoms with Crippen LogP contribution in [0.5, 0.6) is 0 Å². The smallest absolute Gasteiger partial charge is 0.270 e. The molecule has 0 bridgehead atoms. The number of carbonyl (C=O) groups is 1. The molecule has 1 aliphatic rings. The molecule has 2 aromatic heterocycles. The fourth-order valence-electron chi connectivity index (χ4n) is 3.14. The first-order valence-electron chi connectivity index (χ1n) is 8.68. The summed E-state index contributed by atoms with van der Waals surface area (Å²) in [5, 5.41) is 12.4. The first-order valence-corrected chi connectivity index (χ1v) is 8.68. The van der Waals surface area contributed by atoms with E-state index < -0.39 is 6.43 Å². The van der Waals surface area contributed by atoms with E-state index in [1.807, 2.05) is 6.92 Å². The molecule has 0 spiro atoms. The first-order chi connectivity index (χ1) is 12.5. The number of alkyl halides is 2. The highest BCUT2D eigenvalue weighted by Crippen LogP contribution is 2.20. The van der Waals surface area contributed by atoms with Crippen molar-refractivity contribution < 1.29 is 13.6 Å². The third-order valence-electron chi connectivity index (χ3n) is 4.47. The van der Waals surface area contributed by atoms with Crippen molar-refractivity contribution in [2.75, 3.05) is 6.54 Å². The van der Waals surface area contributed by atoms with Crippen LogP contribution in [0.25, 0.3) is 11.4 Å². The van der Waals surface area contributed by atoms with Crippen molar-refractivity contribution in [2.45, 2.75) is 51.1 Å². The molecule has 1 aliphatic carbocycles. The third kappa shape index (κ3) is 4.81. The lowest BCUT2D eigenvalue weighted by Gasteiger charge is -2.29. The zero-order valence-electron chi connectivity index (χ0n) is 14.5. The lowest BCUT2D eigenvalue weighted by molar-refractivity contribution is 0.0917. The Hall–Kier alpha value is -2.42. The van der Waals surface area contributed by atoms with Crippen molar-refractivity contribution in [3.05, 3.63) is 29.8 Å². The molecule has 0 unspecified atom stereocenters. The second-order valence-corrected chi connectivity index (χ2v) is 6.53. The number of carbonyl (C=O) groups excluding carboxylic acids is 1. The average molecular weight is 364 g/mol. The third-order valence-corrected chi connectivity index (χ3v) is 4.47. The van der Waals surface area contributed by atoms with Crippen LogP contribution in [0.2, 0.25) is 0 Å². The van der Waals surface area contributed by atoms with Crippen molar-refractivity contribution in [1.29, 1.82) is 0 Å². The number of aromatic amines is 1. The Morgan fingerprint density at radius 3 is 2.65 bits per heavy atom. The summed E-state index contributed by atoms with van der Waals surface area (Å²) in [5.41, 5.74) is 1.72. The first kappa shape index (κ1) is 18.4. The average Bonchev–Trinajstić information content (AvgIpc) is 3.15. The van der Waals surface area contributed by atoms with Crippen molar-refractivity contribution >= 4 is 5.91 Å². The van der Waals surface area contributed by atoms with E-state index in [1.165, 1.54) is 0 Å². The highest BCUT2D eigenvalue weighted by atomic mass is 19.3. The summed E-state index contributed by atoms with van der Waals surface area (Å²) in [6, 6.07) is 1.76. The summed E-state index contributed by atoms with van der Waals surface area (Å²) in [5.74, 6) is 0.202. The van der Waals surface area contributed by atoms with Gasteiger partial charge in [-0.1, -0.05) is 0 Å². The van der Waals surface area contributed by atoms with Gasteiger partial charge in [-0.05, 0) is 38.7 Å². The fraction of sp³-hybridized carbons (Fsp3) is 0.529. The van der Waals surface area contributed by atoms with Crippen LogP contribution >= 0.6 is 0 Å². The lowest BCUT2D eigenvalue weighted by Crippen LogP contribution is -2.43. The molecule has 1 saturated carbocycles. The van der Waals surface area contributed by atoms with E-state index in [2.05, 4.69) is 30.8 Å². The monoisotopic (exact) mass is 364 g/mol. The zero-order chi connectivity index (χ0) is 18.5. The summed E-state index contributed by atoms with van der Waals surface area (Å²) in [7, 11) is 0. The Balaban J connectivity index is 1.57. The minimum atomic E-state index is -2.34. The molecule has 0 atom stereocenters. The van der Waals surface area contributed by atoms with E-state index in [0.29, 0.717) is 22.8 Å². The van der Waals surface area contributed by atoms with Crippen LogP contribution in [0.3, 0.4) is 0 Å². The molecule has 7 nitrogen and oxygen atoms in total. The van der Waals surface area contributed by atoms with Gasteiger partial charge in [-0.15, -0.1) is 0 Å². The largest absolute Gasteiger partial charge is 0.348 e. The van der Waals surface area contributed by atoms with Crippen molar-refractivity contribution in [1.82, 2.24) is 30.8 Å². The Kier molecular flexibility index (Phi) is 5.87. The standard InChI is InChI=1S/C17H22F2N6O/c1-10-6-14(25-16(23-10)11-7-21-22-8-11)17(26)24-13-4-2-12(3-5-13)20-9-15(18)19/h6-8,12-13,15,20H,2-5,9H2,1H3,(H,21,22)(H,24,26). The second kappa shape index (κ2) is 8.31. The van der Waals surface area contributed by atoms with Gasteiger partial charge in [-0.2, -0.15) is 5.10 Å². The predicted molar refractivity (Wildman–Crippen MR) is 91.9 cm³/mol. The predicted octanol–water partition coefficient (Wildman–Crippen LogP) is 2.07. The van der Waals surface area contributed by atoms with Gasteiger partial charge in [0.05, 0.1) is 18.3 Å². The molecule has 2 aromatic rings. The van der Waals surface area contributed by atoms with Gasteiger partial charge in [-0.3, -0.25) is 9.89 Å². The Labute approximate surface area is 150 Å². The molecule has 3 N–H and O–H groups in total. The number of rotatable bonds is 6. The van der Waals surface area contributed by atoms with Crippen molar-refractivity contribution in [2.24, 2.45) is 0 Å². The number of aromatic nitrogens is 4. The van der Waals surface area contributed by atoms with Gasteiger partial charge < -0.3 is 10.6 Å². The number of hydrogen-bond donors (Lipinski definition) is 3. The summed E-state index contributed by atoms with van der Waals surface area (Å²) >= 11 is 0. The van der Waals surface area contributed by atoms with E-state index >= 15 is 0 Å². The number of nitrogens with one attached hydrogen (secondary N) is 3. The van der Waals surface area contributed by atoms with Crippen LogP contribution in [-0.2, 0) is 0 Å². The van der Waals surface area contributed by atoms with E-state index in [4.69, 9.17) is 0 Å². The number of nitrogens with zero attached hydrogens (tertiary/aromatic N) is 3. The van der Waals surface area contributed by atoms with Crippen LogP contribution in [0, 0.1) is 6.92 Å². The fourth-order valence-corrected chi connectivity index (χ4v) is 3.14. The van der Waals surface area contributed by atoms with Crippen LogP contribution < -0.4 is 10.6 Å². The number of halogens is 2. The summed E-state index contributed by atoms with van der Waals surface area (Å²) in [6.07, 6.45) is 3.98. The van der Waals surface area contributed by atoms with Gasteiger partial charge in [0.25, 0.3) is 12.3 Å². The molecule has 26 heavy (non-hydrogen) atoms. The molecule has 1 fully saturated rings. The molecule has 1 amide bonds. The van der Waals surface area contributed by atoms with Crippen LogP contribution in [0.1, 0.15) is 41.9 Å². The molecule has 2 heterocycles. The maximum absolute atomic E-state index is 12.5. The van der Waals surface area contributed by atoms with Crippen LogP contribution in [0.4, 0.5) is 8.78 Å². The molecule has 140 valence electrons. The van der Waals surface area contributed by atoms with Gasteiger partial charge in [0.2, 0.25) is 0 Å². The molecule has 0 aliphatic heterocycles. The second-order valence-electron chi connectivity index (χ2n) is 6.53. The zero-order valence-corrected chi connectivity index (χ0v) is 14.5. The topological polar surface area (TPSA) is 95.6 Å². The van der Waals surface area contributed by atoms with Gasteiger partial charge in [0.15, 0.2) is 5.82 Å². The maximum atomic E-state index is 12.5. The van der Waals surface area contributed by atoms with Gasteiger partial charge in [0.1, 0.15) is 5.69 Å². The summed E-state index contributed by atoms with van der Waals surface area (Å²) in [4.78, 5) is 21.2. The molecule has 3 rings (SSSR count). The number of aryl methyl sites for hydroxylation is 1. The van der Waals surface area contributed by atoms with Gasteiger partial charge in [-0.25, -0.2) is 18.7 Å². The van der Waals surface area contributed by atoms with Crippen molar-refractivity contribution in [3.8, 4) is 11.4 Å². The normalized spacial score (nSPS) is 20.3. The maximum Gasteiger partial charge on any atom is 0.270 e. The van der Waals surface area contributed by atoms with Crippen LogP contribution in [0.15, 0.2) is 18.5 Å².